The van der Waals surface area contributed by atoms with E-state index >= 15 is 0 Å². The third-order valence-electron chi connectivity index (χ3n) is 7.45. The van der Waals surface area contributed by atoms with Crippen molar-refractivity contribution in [1.29, 1.82) is 0 Å². The van der Waals surface area contributed by atoms with E-state index in [0.29, 0.717) is 6.54 Å². The first-order chi connectivity index (χ1) is 20.4. The molecule has 1 atom stereocenters. The maximum absolute atomic E-state index is 12.6. The zero-order valence-electron chi connectivity index (χ0n) is 27.2. The number of carbonyl (C=O) groups excluding carboxylic acids is 3. The molecule has 0 saturated heterocycles. The van der Waals surface area contributed by atoms with Gasteiger partial charge in [-0.25, -0.2) is 14.5 Å². The van der Waals surface area contributed by atoms with Crippen molar-refractivity contribution in [2.75, 3.05) is 26.9 Å². The summed E-state index contributed by atoms with van der Waals surface area (Å²) < 4.78 is 17.8. The number of unbranched alkanes of at least 4 members (excludes halogenated alkanes) is 15. The molecule has 250 valence electrons. The average molecular weight is 648 g/mol. The summed E-state index contributed by atoms with van der Waals surface area (Å²) in [6.45, 7) is 6.82. The first kappa shape index (κ1) is 41.1. The number of amides is 3. The minimum atomic E-state index is -0.758. The molecule has 1 aromatic rings. The van der Waals surface area contributed by atoms with Gasteiger partial charge in [-0.3, -0.25) is 4.79 Å². The van der Waals surface area contributed by atoms with Crippen LogP contribution in [0.25, 0.3) is 0 Å². The number of ether oxygens (including phenoxy) is 3. The summed E-state index contributed by atoms with van der Waals surface area (Å²) >= 11 is 1.50. The molecule has 1 N–H and O–H groups in total. The second kappa shape index (κ2) is 27.6. The molecule has 0 bridgehead atoms. The van der Waals surface area contributed by atoms with Crippen LogP contribution >= 0.6 is 11.3 Å². The Morgan fingerprint density at radius 2 is 1.35 bits per heavy atom. The van der Waals surface area contributed by atoms with Gasteiger partial charge in [0.05, 0.1) is 5.38 Å². The molecule has 9 nitrogen and oxygen atoms in total. The Kier molecular flexibility index (Phi) is 26.4. The van der Waals surface area contributed by atoms with Crippen LogP contribution in [0.4, 0.5) is 9.59 Å². The number of rotatable bonds is 25. The molecule has 1 unspecified atom stereocenters. The molecule has 0 fully saturated rings. The fourth-order valence-corrected chi connectivity index (χ4v) is 5.56. The van der Waals surface area contributed by atoms with E-state index in [1.54, 1.807) is 0 Å². The van der Waals surface area contributed by atoms with Crippen molar-refractivity contribution in [3.05, 3.63) is 16.6 Å². The van der Waals surface area contributed by atoms with Gasteiger partial charge in [-0.2, -0.15) is 4.57 Å². The molecular formula is C32H58ClN3O6S. The number of methoxy groups -OCH3 is 1. The Morgan fingerprint density at radius 3 is 1.84 bits per heavy atom. The van der Waals surface area contributed by atoms with Gasteiger partial charge >= 0.3 is 12.2 Å². The van der Waals surface area contributed by atoms with E-state index in [0.717, 1.165) is 30.0 Å². The topological polar surface area (TPSA) is 98.0 Å². The van der Waals surface area contributed by atoms with Crippen LogP contribution in [-0.4, -0.2) is 56.0 Å². The Hall–Kier alpha value is -1.91. The van der Waals surface area contributed by atoms with Crippen LogP contribution in [0.3, 0.4) is 0 Å². The molecule has 0 radical (unpaired) electrons. The van der Waals surface area contributed by atoms with Crippen LogP contribution < -0.4 is 22.3 Å². The minimum absolute atomic E-state index is 0. The monoisotopic (exact) mass is 647 g/mol. The predicted molar refractivity (Wildman–Crippen MR) is 167 cm³/mol. The first-order valence-corrected chi connectivity index (χ1v) is 17.2. The number of alkyl carbamates (subject to hydrolysis) is 1. The molecule has 0 aliphatic carbocycles. The lowest BCUT2D eigenvalue weighted by Gasteiger charge is -2.20. The standard InChI is InChI=1S/C32H57N3O6S.ClH/c1-5-7-8-9-10-11-12-13-14-15-16-17-18-19-20-21-22-33-31(37)40-24-30(39-4)25-41-32(38)35(28(3)36)23-29-26-42-27-34(29)6-2;/h26-27,30H,5-25H2,1-4H3;1H. The first-order valence-electron chi connectivity index (χ1n) is 16.3. The number of halogens is 1. The fourth-order valence-electron chi connectivity index (χ4n) is 4.70. The van der Waals surface area contributed by atoms with Gasteiger partial charge in [-0.15, -0.1) is 0 Å². The van der Waals surface area contributed by atoms with Gasteiger partial charge in [0.1, 0.15) is 32.4 Å². The molecule has 11 heteroatoms. The van der Waals surface area contributed by atoms with Crippen LogP contribution in [0.5, 0.6) is 0 Å². The lowest BCUT2D eigenvalue weighted by Crippen LogP contribution is -3.00. The largest absolute Gasteiger partial charge is 1.00 e. The molecule has 3 amide bonds. The number of aromatic nitrogens is 1. The summed E-state index contributed by atoms with van der Waals surface area (Å²) in [5.41, 5.74) is 2.78. The Labute approximate surface area is 270 Å². The lowest BCUT2D eigenvalue weighted by molar-refractivity contribution is -0.696. The molecule has 0 saturated carbocycles. The van der Waals surface area contributed by atoms with Crippen molar-refractivity contribution in [3.8, 4) is 0 Å². The van der Waals surface area contributed by atoms with Gasteiger partial charge < -0.3 is 31.9 Å². The van der Waals surface area contributed by atoms with Crippen LogP contribution in [0, 0.1) is 0 Å². The molecule has 0 spiro atoms. The van der Waals surface area contributed by atoms with Crippen molar-refractivity contribution in [1.82, 2.24) is 10.2 Å². The number of hydrogen-bond donors (Lipinski definition) is 1. The molecule has 43 heavy (non-hydrogen) atoms. The molecule has 0 aromatic carbocycles. The van der Waals surface area contributed by atoms with Crippen LogP contribution in [0.15, 0.2) is 10.9 Å². The van der Waals surface area contributed by atoms with Crippen molar-refractivity contribution < 1.29 is 45.6 Å². The van der Waals surface area contributed by atoms with Gasteiger partial charge in [0.25, 0.3) is 0 Å². The average Bonchev–Trinajstić information content (AvgIpc) is 3.44. The summed E-state index contributed by atoms with van der Waals surface area (Å²) in [5, 5.41) is 4.67. The smallest absolute Gasteiger partial charge is 0.417 e. The fraction of sp³-hybridized carbons (Fsp3) is 0.812. The number of thiazole rings is 1. The number of hydrogen-bond acceptors (Lipinski definition) is 7. The molecule has 0 aliphatic heterocycles. The van der Waals surface area contributed by atoms with E-state index in [2.05, 4.69) is 12.2 Å². The molecule has 1 heterocycles. The maximum atomic E-state index is 12.6. The molecule has 1 aromatic heterocycles. The van der Waals surface area contributed by atoms with E-state index in [1.807, 2.05) is 22.4 Å². The normalized spacial score (nSPS) is 11.4. The van der Waals surface area contributed by atoms with Gasteiger partial charge in [0, 0.05) is 20.6 Å². The molecule has 1 rings (SSSR count). The van der Waals surface area contributed by atoms with Crippen LogP contribution in [0.1, 0.15) is 129 Å². The van der Waals surface area contributed by atoms with E-state index in [9.17, 15) is 14.4 Å². The predicted octanol–water partition coefficient (Wildman–Crippen LogP) is 4.55. The van der Waals surface area contributed by atoms with E-state index in [4.69, 9.17) is 14.2 Å². The third kappa shape index (κ3) is 20.6. The minimum Gasteiger partial charge on any atom is -1.00 e. The number of aryl methyl sites for hydroxylation is 1. The zero-order chi connectivity index (χ0) is 30.8. The highest BCUT2D eigenvalue weighted by Crippen LogP contribution is 2.14. The van der Waals surface area contributed by atoms with Crippen LogP contribution in [0.2, 0.25) is 0 Å². The number of nitrogens with zero attached hydrogens (tertiary/aromatic N) is 2. The number of imide groups is 1. The second-order valence-corrected chi connectivity index (χ2v) is 11.7. The van der Waals surface area contributed by atoms with E-state index in [-0.39, 0.29) is 32.2 Å². The van der Waals surface area contributed by atoms with Gasteiger partial charge in [-0.1, -0.05) is 115 Å². The van der Waals surface area contributed by atoms with Crippen LogP contribution in [-0.2, 0) is 32.1 Å². The number of nitrogens with one attached hydrogen (secondary N) is 1. The second-order valence-electron chi connectivity index (χ2n) is 11.0. The quantitative estimate of drug-likeness (QED) is 0.124. The van der Waals surface area contributed by atoms with E-state index < -0.39 is 24.2 Å². The third-order valence-corrected chi connectivity index (χ3v) is 8.23. The van der Waals surface area contributed by atoms with Gasteiger partial charge in [-0.05, 0) is 13.3 Å². The van der Waals surface area contributed by atoms with Crippen molar-refractivity contribution in [2.24, 2.45) is 0 Å². The zero-order valence-corrected chi connectivity index (χ0v) is 28.8. The summed E-state index contributed by atoms with van der Waals surface area (Å²) in [6, 6.07) is 0. The van der Waals surface area contributed by atoms with E-state index in [1.165, 1.54) is 115 Å². The Bertz CT molecular complexity index is 857. The van der Waals surface area contributed by atoms with Crippen molar-refractivity contribution in [3.63, 3.8) is 0 Å². The Balaban J connectivity index is 0.0000176. The Morgan fingerprint density at radius 1 is 0.837 bits per heavy atom. The summed E-state index contributed by atoms with van der Waals surface area (Å²) in [7, 11) is 1.45. The summed E-state index contributed by atoms with van der Waals surface area (Å²) in [5.74, 6) is -0.410. The SMILES string of the molecule is CCCCCCCCCCCCCCCCCCNC(=O)OCC(COC(=O)N(Cc1csc[n+]1CC)C(C)=O)OC.[Cl-]. The molecule has 0 aliphatic rings. The highest BCUT2D eigenvalue weighted by atomic mass is 35.5. The highest BCUT2D eigenvalue weighted by Gasteiger charge is 2.26. The maximum Gasteiger partial charge on any atom is 0.417 e. The summed E-state index contributed by atoms with van der Waals surface area (Å²) in [6.07, 6.45) is 19.0. The molecular weight excluding hydrogens is 590 g/mol. The van der Waals surface area contributed by atoms with Crippen molar-refractivity contribution >= 4 is 29.4 Å². The van der Waals surface area contributed by atoms with Gasteiger partial charge in [0.2, 0.25) is 17.1 Å². The summed E-state index contributed by atoms with van der Waals surface area (Å²) in [4.78, 5) is 37.7. The van der Waals surface area contributed by atoms with Gasteiger partial charge in [0.15, 0.2) is 0 Å². The lowest BCUT2D eigenvalue weighted by atomic mass is 10.0. The van der Waals surface area contributed by atoms with Crippen molar-refractivity contribution in [2.45, 2.75) is 143 Å². The highest BCUT2D eigenvalue weighted by molar-refractivity contribution is 7.07. The number of carbonyl (C=O) groups is 3.